The minimum atomic E-state index is 0.547. The molecule has 0 saturated heterocycles. The molecule has 0 radical (unpaired) electrons. The molecule has 0 amide bonds. The fourth-order valence-electron chi connectivity index (χ4n) is 3.07. The van der Waals surface area contributed by atoms with Gasteiger partial charge in [0.05, 0.1) is 0 Å². The van der Waals surface area contributed by atoms with Crippen molar-refractivity contribution in [3.63, 3.8) is 0 Å². The first kappa shape index (κ1) is 12.9. The summed E-state index contributed by atoms with van der Waals surface area (Å²) in [6.07, 6.45) is 9.82. The van der Waals surface area contributed by atoms with E-state index in [0.717, 1.165) is 34.6 Å². The van der Waals surface area contributed by atoms with Crippen molar-refractivity contribution in [3.05, 3.63) is 29.1 Å². The molecule has 7 heteroatoms. The number of hydrogen-bond acceptors (Lipinski definition) is 5. The number of imidazole rings is 1. The SMILES string of the molecule is Cc1nccn1CCc1nn2c(C3CCCC3)nnc2s1. The Labute approximate surface area is 126 Å². The van der Waals surface area contributed by atoms with E-state index in [9.17, 15) is 0 Å². The zero-order valence-corrected chi connectivity index (χ0v) is 12.9. The molecule has 0 aliphatic heterocycles. The molecule has 0 aromatic carbocycles. The average Bonchev–Trinajstić information content (AvgIpc) is 3.20. The van der Waals surface area contributed by atoms with Gasteiger partial charge in [0.1, 0.15) is 10.8 Å². The molecule has 4 rings (SSSR count). The van der Waals surface area contributed by atoms with Crippen LogP contribution in [0.2, 0.25) is 0 Å². The van der Waals surface area contributed by atoms with Gasteiger partial charge >= 0.3 is 0 Å². The smallest absolute Gasteiger partial charge is 0.234 e. The number of aryl methyl sites for hydroxylation is 3. The van der Waals surface area contributed by atoms with Gasteiger partial charge in [-0.3, -0.25) is 0 Å². The summed E-state index contributed by atoms with van der Waals surface area (Å²) in [6.45, 7) is 2.94. The maximum atomic E-state index is 4.72. The Kier molecular flexibility index (Phi) is 3.21. The number of hydrogen-bond donors (Lipinski definition) is 0. The predicted octanol–water partition coefficient (Wildman–Crippen LogP) is 2.59. The molecule has 110 valence electrons. The summed E-state index contributed by atoms with van der Waals surface area (Å²) in [4.78, 5) is 5.17. The second kappa shape index (κ2) is 5.22. The Morgan fingerprint density at radius 1 is 1.29 bits per heavy atom. The van der Waals surface area contributed by atoms with Crippen molar-refractivity contribution < 1.29 is 0 Å². The molecule has 1 aliphatic carbocycles. The molecule has 3 aromatic rings. The van der Waals surface area contributed by atoms with E-state index in [1.54, 1.807) is 11.3 Å². The van der Waals surface area contributed by atoms with Gasteiger partial charge in [-0.15, -0.1) is 10.2 Å². The summed E-state index contributed by atoms with van der Waals surface area (Å²) in [6, 6.07) is 0. The molecule has 21 heavy (non-hydrogen) atoms. The summed E-state index contributed by atoms with van der Waals surface area (Å²) in [5.41, 5.74) is 0. The van der Waals surface area contributed by atoms with Crippen LogP contribution in [0.15, 0.2) is 12.4 Å². The van der Waals surface area contributed by atoms with Crippen LogP contribution in [0.25, 0.3) is 4.96 Å². The van der Waals surface area contributed by atoms with Crippen LogP contribution in [-0.4, -0.2) is 29.4 Å². The highest BCUT2D eigenvalue weighted by atomic mass is 32.1. The minimum Gasteiger partial charge on any atom is -0.335 e. The second-order valence-corrected chi connectivity index (χ2v) is 6.69. The Hall–Kier alpha value is -1.76. The highest BCUT2D eigenvalue weighted by Crippen LogP contribution is 2.33. The molecule has 0 bridgehead atoms. The lowest BCUT2D eigenvalue weighted by atomic mass is 10.1. The van der Waals surface area contributed by atoms with Gasteiger partial charge in [0.25, 0.3) is 0 Å². The Balaban J connectivity index is 1.55. The maximum Gasteiger partial charge on any atom is 0.234 e. The summed E-state index contributed by atoms with van der Waals surface area (Å²) in [5, 5.41) is 14.5. The normalized spacial score (nSPS) is 16.2. The first-order valence-electron chi connectivity index (χ1n) is 7.50. The lowest BCUT2D eigenvalue weighted by Gasteiger charge is -2.04. The second-order valence-electron chi connectivity index (χ2n) is 5.65. The van der Waals surface area contributed by atoms with Crippen LogP contribution >= 0.6 is 11.3 Å². The van der Waals surface area contributed by atoms with Gasteiger partial charge in [0.2, 0.25) is 4.96 Å². The summed E-state index contributed by atoms with van der Waals surface area (Å²) in [5.74, 6) is 2.65. The van der Waals surface area contributed by atoms with Gasteiger partial charge in [0, 0.05) is 31.3 Å². The molecule has 3 aromatic heterocycles. The summed E-state index contributed by atoms with van der Waals surface area (Å²) in [7, 11) is 0. The summed E-state index contributed by atoms with van der Waals surface area (Å²) < 4.78 is 4.12. The first-order chi connectivity index (χ1) is 10.3. The van der Waals surface area contributed by atoms with Gasteiger partial charge in [-0.2, -0.15) is 9.61 Å². The lowest BCUT2D eigenvalue weighted by molar-refractivity contribution is 0.628. The number of nitrogens with zero attached hydrogens (tertiary/aromatic N) is 6. The molecule has 3 heterocycles. The van der Waals surface area contributed by atoms with Crippen molar-refractivity contribution in [2.45, 2.75) is 51.5 Å². The van der Waals surface area contributed by atoms with Gasteiger partial charge in [-0.1, -0.05) is 24.2 Å². The quantitative estimate of drug-likeness (QED) is 0.743. The van der Waals surface area contributed by atoms with E-state index in [1.807, 2.05) is 23.8 Å². The Bertz CT molecular complexity index is 749. The van der Waals surface area contributed by atoms with Crippen LogP contribution in [0.4, 0.5) is 0 Å². The van der Waals surface area contributed by atoms with Crippen molar-refractivity contribution in [2.75, 3.05) is 0 Å². The van der Waals surface area contributed by atoms with E-state index in [2.05, 4.69) is 19.7 Å². The Morgan fingerprint density at radius 2 is 2.14 bits per heavy atom. The zero-order chi connectivity index (χ0) is 14.2. The van der Waals surface area contributed by atoms with Crippen LogP contribution < -0.4 is 0 Å². The van der Waals surface area contributed by atoms with E-state index in [1.165, 1.54) is 25.7 Å². The minimum absolute atomic E-state index is 0.547. The molecular formula is C14H18N6S. The van der Waals surface area contributed by atoms with Gasteiger partial charge in [-0.25, -0.2) is 4.98 Å². The third kappa shape index (κ3) is 2.35. The standard InChI is InChI=1S/C14H18N6S/c1-10-15-7-9-19(10)8-6-12-18-20-13(11-4-2-3-5-11)16-17-14(20)21-12/h7,9,11H,2-6,8H2,1H3. The monoisotopic (exact) mass is 302 g/mol. The molecule has 0 atom stereocenters. The van der Waals surface area contributed by atoms with Crippen molar-refractivity contribution in [2.24, 2.45) is 0 Å². The van der Waals surface area contributed by atoms with E-state index >= 15 is 0 Å². The largest absolute Gasteiger partial charge is 0.335 e. The molecule has 1 saturated carbocycles. The van der Waals surface area contributed by atoms with Crippen molar-refractivity contribution in [3.8, 4) is 0 Å². The van der Waals surface area contributed by atoms with Crippen LogP contribution in [0.1, 0.15) is 48.3 Å². The van der Waals surface area contributed by atoms with Crippen molar-refractivity contribution in [1.29, 1.82) is 0 Å². The first-order valence-corrected chi connectivity index (χ1v) is 8.31. The van der Waals surface area contributed by atoms with E-state index < -0.39 is 0 Å². The third-order valence-corrected chi connectivity index (χ3v) is 5.23. The molecule has 1 aliphatic rings. The maximum absolute atomic E-state index is 4.72. The Morgan fingerprint density at radius 3 is 2.90 bits per heavy atom. The average molecular weight is 302 g/mol. The van der Waals surface area contributed by atoms with Crippen LogP contribution in [0.5, 0.6) is 0 Å². The van der Waals surface area contributed by atoms with Crippen LogP contribution in [0, 0.1) is 6.92 Å². The number of fused-ring (bicyclic) bond motifs is 1. The van der Waals surface area contributed by atoms with Gasteiger partial charge in [-0.05, 0) is 19.8 Å². The molecule has 1 fully saturated rings. The fourth-order valence-corrected chi connectivity index (χ4v) is 3.90. The fraction of sp³-hybridized carbons (Fsp3) is 0.571. The molecule has 0 spiro atoms. The molecule has 0 N–H and O–H groups in total. The van der Waals surface area contributed by atoms with Gasteiger partial charge < -0.3 is 4.57 Å². The van der Waals surface area contributed by atoms with Gasteiger partial charge in [0.15, 0.2) is 5.82 Å². The van der Waals surface area contributed by atoms with E-state index in [0.29, 0.717) is 5.92 Å². The molecular weight excluding hydrogens is 284 g/mol. The van der Waals surface area contributed by atoms with E-state index in [-0.39, 0.29) is 0 Å². The zero-order valence-electron chi connectivity index (χ0n) is 12.1. The number of rotatable bonds is 4. The lowest BCUT2D eigenvalue weighted by Crippen LogP contribution is -2.04. The van der Waals surface area contributed by atoms with Crippen molar-refractivity contribution in [1.82, 2.24) is 29.4 Å². The highest BCUT2D eigenvalue weighted by Gasteiger charge is 2.24. The highest BCUT2D eigenvalue weighted by molar-refractivity contribution is 7.16. The third-order valence-electron chi connectivity index (χ3n) is 4.27. The number of aromatic nitrogens is 6. The van der Waals surface area contributed by atoms with Crippen LogP contribution in [0.3, 0.4) is 0 Å². The van der Waals surface area contributed by atoms with E-state index in [4.69, 9.17) is 5.10 Å². The summed E-state index contributed by atoms with van der Waals surface area (Å²) >= 11 is 1.65. The van der Waals surface area contributed by atoms with Crippen molar-refractivity contribution >= 4 is 16.3 Å². The molecule has 6 nitrogen and oxygen atoms in total. The van der Waals surface area contributed by atoms with Crippen LogP contribution in [-0.2, 0) is 13.0 Å². The predicted molar refractivity (Wildman–Crippen MR) is 80.5 cm³/mol. The molecule has 0 unspecified atom stereocenters. The topological polar surface area (TPSA) is 60.9 Å².